The Kier molecular flexibility index (Phi) is 3.98. The van der Waals surface area contributed by atoms with Gasteiger partial charge in [-0.25, -0.2) is 4.39 Å². The van der Waals surface area contributed by atoms with Gasteiger partial charge in [0.1, 0.15) is 5.82 Å². The molecule has 1 aromatic rings. The van der Waals surface area contributed by atoms with Crippen molar-refractivity contribution in [2.45, 2.75) is 31.3 Å². The van der Waals surface area contributed by atoms with Crippen molar-refractivity contribution in [1.82, 2.24) is 5.32 Å². The van der Waals surface area contributed by atoms with Crippen LogP contribution in [0.3, 0.4) is 0 Å². The Morgan fingerprint density at radius 3 is 2.85 bits per heavy atom. The highest BCUT2D eigenvalue weighted by Gasteiger charge is 2.38. The Morgan fingerprint density at radius 1 is 1.35 bits per heavy atom. The van der Waals surface area contributed by atoms with Crippen molar-refractivity contribution in [3.63, 3.8) is 0 Å². The third-order valence-corrected chi connectivity index (χ3v) is 5.15. The average Bonchev–Trinajstić information content (AvgIpc) is 2.82. The number of rotatable bonds is 2. The molecule has 0 aromatic heterocycles. The molecule has 2 fully saturated rings. The van der Waals surface area contributed by atoms with E-state index in [0.29, 0.717) is 5.56 Å². The standard InChI is InChI=1S/C15H19FN2OS/c1-11(12-4-2-3-5-13(12)16)17-14-18-15(10-20-14)6-8-19-9-7-15/h2-5,11H,6-10H2,1H3,(H,17,18). The smallest absolute Gasteiger partial charge is 0.157 e. The molecule has 0 saturated carbocycles. The van der Waals surface area contributed by atoms with Crippen LogP contribution in [-0.4, -0.2) is 29.7 Å². The van der Waals surface area contributed by atoms with E-state index in [1.165, 1.54) is 6.07 Å². The highest BCUT2D eigenvalue weighted by molar-refractivity contribution is 8.14. The third kappa shape index (κ3) is 2.83. The molecular weight excluding hydrogens is 275 g/mol. The van der Waals surface area contributed by atoms with Gasteiger partial charge in [0.05, 0.1) is 11.6 Å². The van der Waals surface area contributed by atoms with Gasteiger partial charge in [-0.1, -0.05) is 30.0 Å². The van der Waals surface area contributed by atoms with Crippen LogP contribution in [0.25, 0.3) is 0 Å². The molecule has 3 nitrogen and oxygen atoms in total. The van der Waals surface area contributed by atoms with Crippen LogP contribution in [0, 0.1) is 5.82 Å². The molecule has 2 saturated heterocycles. The number of ether oxygens (including phenoxy) is 1. The third-order valence-electron chi connectivity index (χ3n) is 3.97. The number of nitrogens with one attached hydrogen (secondary N) is 1. The maximum atomic E-state index is 13.7. The van der Waals surface area contributed by atoms with Gasteiger partial charge in [-0.05, 0) is 25.8 Å². The number of halogens is 1. The van der Waals surface area contributed by atoms with Crippen LogP contribution in [0.5, 0.6) is 0 Å². The predicted octanol–water partition coefficient (Wildman–Crippen LogP) is 3.13. The van der Waals surface area contributed by atoms with E-state index < -0.39 is 0 Å². The summed E-state index contributed by atoms with van der Waals surface area (Å²) in [4.78, 5) is 4.64. The quantitative estimate of drug-likeness (QED) is 0.910. The van der Waals surface area contributed by atoms with Crippen molar-refractivity contribution in [3.05, 3.63) is 35.6 Å². The molecular formula is C15H19FN2OS. The monoisotopic (exact) mass is 294 g/mol. The number of nitrogens with zero attached hydrogens (tertiary/aromatic N) is 1. The molecule has 1 unspecified atom stereocenters. The van der Waals surface area contributed by atoms with Crippen LogP contribution >= 0.6 is 11.8 Å². The second kappa shape index (κ2) is 5.74. The van der Waals surface area contributed by atoms with Crippen molar-refractivity contribution in [2.75, 3.05) is 19.0 Å². The topological polar surface area (TPSA) is 33.6 Å². The van der Waals surface area contributed by atoms with Crippen molar-refractivity contribution in [2.24, 2.45) is 4.99 Å². The van der Waals surface area contributed by atoms with Crippen LogP contribution < -0.4 is 5.32 Å². The molecule has 1 spiro atoms. The second-order valence-corrected chi connectivity index (χ2v) is 6.40. The lowest BCUT2D eigenvalue weighted by molar-refractivity contribution is 0.0555. The van der Waals surface area contributed by atoms with E-state index in [1.807, 2.05) is 13.0 Å². The minimum atomic E-state index is -0.187. The van der Waals surface area contributed by atoms with Crippen LogP contribution in [0.2, 0.25) is 0 Å². The minimum Gasteiger partial charge on any atom is -0.381 e. The van der Waals surface area contributed by atoms with Gasteiger partial charge < -0.3 is 10.1 Å². The Balaban J connectivity index is 1.72. The summed E-state index contributed by atoms with van der Waals surface area (Å²) >= 11 is 1.74. The van der Waals surface area contributed by atoms with Crippen LogP contribution in [0.15, 0.2) is 29.3 Å². The molecule has 2 aliphatic heterocycles. The maximum Gasteiger partial charge on any atom is 0.157 e. The van der Waals surface area contributed by atoms with Crippen molar-refractivity contribution in [3.8, 4) is 0 Å². The Morgan fingerprint density at radius 2 is 2.10 bits per heavy atom. The molecule has 0 aliphatic carbocycles. The van der Waals surface area contributed by atoms with Crippen LogP contribution in [0.1, 0.15) is 31.4 Å². The summed E-state index contributed by atoms with van der Waals surface area (Å²) in [6.07, 6.45) is 2.04. The van der Waals surface area contributed by atoms with E-state index in [2.05, 4.69) is 10.3 Å². The van der Waals surface area contributed by atoms with Gasteiger partial charge in [0.25, 0.3) is 0 Å². The summed E-state index contributed by atoms with van der Waals surface area (Å²) in [6, 6.07) is 6.68. The molecule has 1 atom stereocenters. The van der Waals surface area contributed by atoms with Gasteiger partial charge in [0.2, 0.25) is 0 Å². The minimum absolute atomic E-state index is 0.136. The van der Waals surface area contributed by atoms with E-state index in [0.717, 1.165) is 37.0 Å². The van der Waals surface area contributed by atoms with Gasteiger partial charge >= 0.3 is 0 Å². The van der Waals surface area contributed by atoms with Crippen molar-refractivity contribution >= 4 is 16.9 Å². The zero-order valence-electron chi connectivity index (χ0n) is 11.6. The van der Waals surface area contributed by atoms with E-state index in [4.69, 9.17) is 4.74 Å². The van der Waals surface area contributed by atoms with Gasteiger partial charge in [-0.3, -0.25) is 4.99 Å². The van der Waals surface area contributed by atoms with Crippen LogP contribution in [0.4, 0.5) is 4.39 Å². The highest BCUT2D eigenvalue weighted by Crippen LogP contribution is 2.33. The summed E-state index contributed by atoms with van der Waals surface area (Å²) < 4.78 is 19.2. The maximum absolute atomic E-state index is 13.7. The van der Waals surface area contributed by atoms with Crippen molar-refractivity contribution in [1.29, 1.82) is 0 Å². The van der Waals surface area contributed by atoms with Crippen LogP contribution in [-0.2, 0) is 4.74 Å². The largest absolute Gasteiger partial charge is 0.381 e. The summed E-state index contributed by atoms with van der Waals surface area (Å²) in [5, 5.41) is 4.47. The summed E-state index contributed by atoms with van der Waals surface area (Å²) in [6.45, 7) is 3.55. The van der Waals surface area contributed by atoms with Gasteiger partial charge in [-0.15, -0.1) is 0 Å². The number of hydrogen-bond donors (Lipinski definition) is 1. The normalized spacial score (nSPS) is 24.8. The summed E-state index contributed by atoms with van der Waals surface area (Å²) in [5.74, 6) is 0.840. The molecule has 20 heavy (non-hydrogen) atoms. The lowest BCUT2D eigenvalue weighted by Crippen LogP contribution is -2.48. The fraction of sp³-hybridized carbons (Fsp3) is 0.533. The SMILES string of the molecule is CC(N=C1NC2(CCOCC2)CS1)c1ccccc1F. The number of benzene rings is 1. The summed E-state index contributed by atoms with van der Waals surface area (Å²) in [7, 11) is 0. The fourth-order valence-electron chi connectivity index (χ4n) is 2.67. The van der Waals surface area contributed by atoms with Crippen molar-refractivity contribution < 1.29 is 9.13 Å². The molecule has 0 bridgehead atoms. The molecule has 2 aliphatic rings. The Labute approximate surface area is 123 Å². The first kappa shape index (κ1) is 13.9. The predicted molar refractivity (Wildman–Crippen MR) is 80.6 cm³/mol. The Bertz CT molecular complexity index is 514. The van der Waals surface area contributed by atoms with E-state index in [-0.39, 0.29) is 17.4 Å². The number of thioether (sulfide) groups is 1. The first-order valence-corrected chi connectivity index (χ1v) is 7.98. The molecule has 0 amide bonds. The van der Waals surface area contributed by atoms with Gasteiger partial charge in [0, 0.05) is 24.5 Å². The zero-order valence-corrected chi connectivity index (χ0v) is 12.4. The van der Waals surface area contributed by atoms with E-state index in [1.54, 1.807) is 23.9 Å². The first-order valence-electron chi connectivity index (χ1n) is 6.99. The highest BCUT2D eigenvalue weighted by atomic mass is 32.2. The fourth-order valence-corrected chi connectivity index (χ4v) is 3.96. The van der Waals surface area contributed by atoms with E-state index >= 15 is 0 Å². The molecule has 2 heterocycles. The molecule has 1 aromatic carbocycles. The molecule has 108 valence electrons. The van der Waals surface area contributed by atoms with E-state index in [9.17, 15) is 4.39 Å². The number of amidine groups is 1. The average molecular weight is 294 g/mol. The molecule has 5 heteroatoms. The second-order valence-electron chi connectivity index (χ2n) is 5.44. The molecule has 0 radical (unpaired) electrons. The lowest BCUT2D eigenvalue weighted by Gasteiger charge is -2.32. The molecule has 3 rings (SSSR count). The Hall–Kier alpha value is -1.07. The molecule has 1 N–H and O–H groups in total. The number of hydrogen-bond acceptors (Lipinski definition) is 3. The summed E-state index contributed by atoms with van der Waals surface area (Å²) in [5.41, 5.74) is 0.784. The lowest BCUT2D eigenvalue weighted by atomic mass is 9.93. The van der Waals surface area contributed by atoms with Gasteiger partial charge in [0.15, 0.2) is 5.17 Å². The number of aliphatic imine (C=N–C) groups is 1. The van der Waals surface area contributed by atoms with Gasteiger partial charge in [-0.2, -0.15) is 0 Å². The first-order chi connectivity index (χ1) is 9.69. The zero-order chi connectivity index (χ0) is 14.0.